The third-order valence-electron chi connectivity index (χ3n) is 4.25. The second-order valence-corrected chi connectivity index (χ2v) is 7.12. The van der Waals surface area contributed by atoms with E-state index in [1.807, 2.05) is 0 Å². The van der Waals surface area contributed by atoms with Crippen molar-refractivity contribution >= 4 is 45.9 Å². The van der Waals surface area contributed by atoms with Crippen LogP contribution in [0.5, 0.6) is 0 Å². The van der Waals surface area contributed by atoms with E-state index in [0.717, 1.165) is 62.5 Å². The highest BCUT2D eigenvalue weighted by Crippen LogP contribution is 2.15. The molecule has 2 rings (SSSR count). The number of hydrogen-bond acceptors (Lipinski definition) is 3. The maximum atomic E-state index is 5.94. The van der Waals surface area contributed by atoms with Crippen LogP contribution in [0.4, 0.5) is 0 Å². The zero-order valence-corrected chi connectivity index (χ0v) is 19.7. The summed E-state index contributed by atoms with van der Waals surface area (Å²) in [4.78, 5) is 7.15. The van der Waals surface area contributed by atoms with E-state index in [-0.39, 0.29) is 24.0 Å². The van der Waals surface area contributed by atoms with Gasteiger partial charge in [-0.15, -0.1) is 24.0 Å². The highest BCUT2D eigenvalue weighted by Gasteiger charge is 2.21. The van der Waals surface area contributed by atoms with Crippen LogP contribution < -0.4 is 5.32 Å². The Labute approximate surface area is 183 Å². The highest BCUT2D eigenvalue weighted by atomic mass is 127. The monoisotopic (exact) mass is 539 g/mol. The van der Waals surface area contributed by atoms with Crippen molar-refractivity contribution in [3.8, 4) is 0 Å². The van der Waals surface area contributed by atoms with E-state index < -0.39 is 0 Å². The van der Waals surface area contributed by atoms with Gasteiger partial charge in [0, 0.05) is 44.4 Å². The molecule has 1 aromatic carbocycles. The summed E-state index contributed by atoms with van der Waals surface area (Å²) in [6.07, 6.45) is 3.43. The van der Waals surface area contributed by atoms with Gasteiger partial charge in [0.15, 0.2) is 5.96 Å². The van der Waals surface area contributed by atoms with E-state index in [4.69, 9.17) is 14.5 Å². The standard InChI is InChI=1S/C19H30BrN3O2.HI/c1-3-21-19(22-15-16-5-7-17(20)8-6-16)23-11-9-18(10-12-23)25-14-4-13-24-2;/h5-8,18H,3-4,9-15H2,1-2H3,(H,21,22);1H. The molecule has 0 saturated carbocycles. The molecule has 0 radical (unpaired) electrons. The van der Waals surface area contributed by atoms with E-state index in [1.165, 1.54) is 5.56 Å². The van der Waals surface area contributed by atoms with Crippen LogP contribution in [0.25, 0.3) is 0 Å². The summed E-state index contributed by atoms with van der Waals surface area (Å²) in [6.45, 7) is 7.22. The molecule has 1 heterocycles. The molecule has 148 valence electrons. The van der Waals surface area contributed by atoms with Gasteiger partial charge in [0.1, 0.15) is 0 Å². The average Bonchev–Trinajstić information content (AvgIpc) is 2.64. The first-order valence-electron chi connectivity index (χ1n) is 9.11. The van der Waals surface area contributed by atoms with Gasteiger partial charge < -0.3 is 19.7 Å². The third-order valence-corrected chi connectivity index (χ3v) is 4.78. The van der Waals surface area contributed by atoms with Crippen molar-refractivity contribution in [3.05, 3.63) is 34.3 Å². The molecule has 0 aromatic heterocycles. The van der Waals surface area contributed by atoms with Gasteiger partial charge in [0.2, 0.25) is 0 Å². The molecule has 1 saturated heterocycles. The predicted octanol–water partition coefficient (Wildman–Crippen LogP) is 4.05. The maximum Gasteiger partial charge on any atom is 0.194 e. The number of rotatable bonds is 8. The zero-order chi connectivity index (χ0) is 17.9. The Bertz CT molecular complexity index is 520. The number of aliphatic imine (C=N–C) groups is 1. The van der Waals surface area contributed by atoms with Crippen LogP contribution in [0.2, 0.25) is 0 Å². The van der Waals surface area contributed by atoms with Crippen molar-refractivity contribution in [2.75, 3.05) is 40.0 Å². The second kappa shape index (κ2) is 13.7. The zero-order valence-electron chi connectivity index (χ0n) is 15.7. The minimum Gasteiger partial charge on any atom is -0.385 e. The molecule has 1 fully saturated rings. The fourth-order valence-electron chi connectivity index (χ4n) is 2.87. The first-order chi connectivity index (χ1) is 12.2. The first-order valence-corrected chi connectivity index (χ1v) is 9.90. The summed E-state index contributed by atoms with van der Waals surface area (Å²) in [5, 5.41) is 3.42. The number of nitrogens with one attached hydrogen (secondary N) is 1. The average molecular weight is 540 g/mol. The number of hydrogen-bond donors (Lipinski definition) is 1. The van der Waals surface area contributed by atoms with Crippen LogP contribution in [0.15, 0.2) is 33.7 Å². The van der Waals surface area contributed by atoms with Crippen LogP contribution >= 0.6 is 39.9 Å². The summed E-state index contributed by atoms with van der Waals surface area (Å²) >= 11 is 3.47. The fraction of sp³-hybridized carbons (Fsp3) is 0.632. The van der Waals surface area contributed by atoms with E-state index in [2.05, 4.69) is 57.3 Å². The van der Waals surface area contributed by atoms with Crippen molar-refractivity contribution in [3.63, 3.8) is 0 Å². The van der Waals surface area contributed by atoms with Gasteiger partial charge in [-0.1, -0.05) is 28.1 Å². The number of piperidine rings is 1. The molecule has 0 unspecified atom stereocenters. The molecule has 7 heteroatoms. The Morgan fingerprint density at radius 3 is 2.54 bits per heavy atom. The van der Waals surface area contributed by atoms with E-state index in [9.17, 15) is 0 Å². The minimum absolute atomic E-state index is 0. The molecule has 1 aromatic rings. The molecule has 5 nitrogen and oxygen atoms in total. The highest BCUT2D eigenvalue weighted by molar-refractivity contribution is 14.0. The van der Waals surface area contributed by atoms with Gasteiger partial charge >= 0.3 is 0 Å². The number of halogens is 2. The Kier molecular flexibility index (Phi) is 12.5. The number of likely N-dealkylation sites (tertiary alicyclic amines) is 1. The van der Waals surface area contributed by atoms with Crippen LogP contribution in [0.3, 0.4) is 0 Å². The summed E-state index contributed by atoms with van der Waals surface area (Å²) in [6, 6.07) is 8.34. The Morgan fingerprint density at radius 2 is 1.92 bits per heavy atom. The van der Waals surface area contributed by atoms with Crippen molar-refractivity contribution in [2.24, 2.45) is 4.99 Å². The van der Waals surface area contributed by atoms with Crippen molar-refractivity contribution in [1.82, 2.24) is 10.2 Å². The summed E-state index contributed by atoms with van der Waals surface area (Å²) in [7, 11) is 1.73. The molecular formula is C19H31BrIN3O2. The smallest absolute Gasteiger partial charge is 0.194 e. The Morgan fingerprint density at radius 1 is 1.23 bits per heavy atom. The first kappa shape index (κ1) is 23.7. The van der Waals surface area contributed by atoms with Gasteiger partial charge in [0.05, 0.1) is 12.6 Å². The Hall–Kier alpha value is -0.380. The SMILES string of the molecule is CCNC(=NCc1ccc(Br)cc1)N1CCC(OCCCOC)CC1.I. The van der Waals surface area contributed by atoms with Crippen molar-refractivity contribution in [1.29, 1.82) is 0 Å². The van der Waals surface area contributed by atoms with Crippen LogP contribution in [-0.4, -0.2) is 56.9 Å². The van der Waals surface area contributed by atoms with Crippen LogP contribution in [-0.2, 0) is 16.0 Å². The molecule has 0 spiro atoms. The Balaban J connectivity index is 0.00000338. The number of nitrogens with zero attached hydrogens (tertiary/aromatic N) is 2. The lowest BCUT2D eigenvalue weighted by Crippen LogP contribution is -2.47. The van der Waals surface area contributed by atoms with Gasteiger partial charge in [-0.05, 0) is 43.9 Å². The number of ether oxygens (including phenoxy) is 2. The van der Waals surface area contributed by atoms with Gasteiger partial charge in [-0.2, -0.15) is 0 Å². The molecule has 1 aliphatic heterocycles. The van der Waals surface area contributed by atoms with E-state index in [1.54, 1.807) is 7.11 Å². The topological polar surface area (TPSA) is 46.1 Å². The summed E-state index contributed by atoms with van der Waals surface area (Å²) < 4.78 is 12.1. The maximum absolute atomic E-state index is 5.94. The normalized spacial score (nSPS) is 15.7. The predicted molar refractivity (Wildman–Crippen MR) is 121 cm³/mol. The summed E-state index contributed by atoms with van der Waals surface area (Å²) in [5.74, 6) is 1.00. The lowest BCUT2D eigenvalue weighted by molar-refractivity contribution is 0.00990. The molecule has 26 heavy (non-hydrogen) atoms. The minimum atomic E-state index is 0. The van der Waals surface area contributed by atoms with Crippen molar-refractivity contribution in [2.45, 2.75) is 38.8 Å². The molecule has 0 atom stereocenters. The second-order valence-electron chi connectivity index (χ2n) is 6.20. The van der Waals surface area contributed by atoms with Crippen molar-refractivity contribution < 1.29 is 9.47 Å². The molecule has 0 amide bonds. The fourth-order valence-corrected chi connectivity index (χ4v) is 3.13. The molecular weight excluding hydrogens is 509 g/mol. The third kappa shape index (κ3) is 8.54. The van der Waals surface area contributed by atoms with Crippen LogP contribution in [0.1, 0.15) is 31.7 Å². The molecule has 0 aliphatic carbocycles. The summed E-state index contributed by atoms with van der Waals surface area (Å²) in [5.41, 5.74) is 1.22. The quantitative estimate of drug-likeness (QED) is 0.234. The number of benzene rings is 1. The lowest BCUT2D eigenvalue weighted by Gasteiger charge is -2.34. The van der Waals surface area contributed by atoms with E-state index >= 15 is 0 Å². The number of guanidine groups is 1. The van der Waals surface area contributed by atoms with E-state index in [0.29, 0.717) is 12.6 Å². The largest absolute Gasteiger partial charge is 0.385 e. The lowest BCUT2D eigenvalue weighted by atomic mass is 10.1. The molecule has 0 bridgehead atoms. The van der Waals surface area contributed by atoms with Gasteiger partial charge in [0.25, 0.3) is 0 Å². The molecule has 1 N–H and O–H groups in total. The van der Waals surface area contributed by atoms with Gasteiger partial charge in [-0.3, -0.25) is 0 Å². The van der Waals surface area contributed by atoms with Gasteiger partial charge in [-0.25, -0.2) is 4.99 Å². The van der Waals surface area contributed by atoms with Crippen LogP contribution in [0, 0.1) is 0 Å². The molecule has 1 aliphatic rings. The number of methoxy groups -OCH3 is 1.